The molecular formula is C13H18Cl2N2. The molecule has 1 aliphatic heterocycles. The van der Waals surface area contributed by atoms with Crippen LogP contribution in [0.2, 0.25) is 10.0 Å². The van der Waals surface area contributed by atoms with Crippen molar-refractivity contribution in [3.63, 3.8) is 0 Å². The highest BCUT2D eigenvalue weighted by Gasteiger charge is 2.17. The van der Waals surface area contributed by atoms with Crippen molar-refractivity contribution >= 4 is 28.9 Å². The third kappa shape index (κ3) is 3.77. The summed E-state index contributed by atoms with van der Waals surface area (Å²) in [5.41, 5.74) is 0.937. The van der Waals surface area contributed by atoms with Crippen molar-refractivity contribution in [2.75, 3.05) is 32.0 Å². The van der Waals surface area contributed by atoms with Crippen molar-refractivity contribution in [3.8, 4) is 0 Å². The van der Waals surface area contributed by atoms with Gasteiger partial charge < -0.3 is 10.2 Å². The zero-order valence-electron chi connectivity index (χ0n) is 10.0. The number of likely N-dealkylation sites (tertiary alicyclic amines) is 1. The molecule has 0 bridgehead atoms. The monoisotopic (exact) mass is 272 g/mol. The summed E-state index contributed by atoms with van der Waals surface area (Å²) in [5.74, 6) is 0.698. The number of rotatable bonds is 3. The standard InChI is InChI=1S/C13H18Cl2N2/c1-17-6-2-3-10(9-17)8-16-13-7-11(14)4-5-12(13)15/h4-5,7,10,16H,2-3,6,8-9H2,1H3. The Kier molecular flexibility index (Phi) is 4.55. The Balaban J connectivity index is 1.90. The Morgan fingerprint density at radius 2 is 2.24 bits per heavy atom. The molecule has 0 amide bonds. The van der Waals surface area contributed by atoms with E-state index in [-0.39, 0.29) is 0 Å². The minimum atomic E-state index is 0.698. The molecule has 1 heterocycles. The van der Waals surface area contributed by atoms with E-state index >= 15 is 0 Å². The number of benzene rings is 1. The van der Waals surface area contributed by atoms with E-state index in [1.165, 1.54) is 19.4 Å². The van der Waals surface area contributed by atoms with Crippen LogP contribution in [0.3, 0.4) is 0 Å². The number of hydrogen-bond acceptors (Lipinski definition) is 2. The second-order valence-corrected chi connectivity index (χ2v) is 5.62. The molecule has 0 aromatic heterocycles. The molecule has 1 fully saturated rings. The second kappa shape index (κ2) is 5.94. The van der Waals surface area contributed by atoms with E-state index in [2.05, 4.69) is 17.3 Å². The van der Waals surface area contributed by atoms with E-state index in [0.717, 1.165) is 28.8 Å². The molecule has 1 N–H and O–H groups in total. The van der Waals surface area contributed by atoms with E-state index in [0.29, 0.717) is 5.92 Å². The first-order chi connectivity index (χ1) is 8.15. The predicted octanol–water partition coefficient (Wildman–Crippen LogP) is 3.75. The summed E-state index contributed by atoms with van der Waals surface area (Å²) in [4.78, 5) is 2.38. The molecule has 1 saturated heterocycles. The number of nitrogens with zero attached hydrogens (tertiary/aromatic N) is 1. The Morgan fingerprint density at radius 1 is 1.41 bits per heavy atom. The number of piperidine rings is 1. The van der Waals surface area contributed by atoms with Gasteiger partial charge in [0.25, 0.3) is 0 Å². The van der Waals surface area contributed by atoms with Gasteiger partial charge in [0.2, 0.25) is 0 Å². The van der Waals surface area contributed by atoms with Crippen LogP contribution < -0.4 is 5.32 Å². The van der Waals surface area contributed by atoms with E-state index in [1.807, 2.05) is 18.2 Å². The molecule has 1 atom stereocenters. The van der Waals surface area contributed by atoms with Crippen molar-refractivity contribution in [1.82, 2.24) is 4.90 Å². The maximum atomic E-state index is 6.11. The van der Waals surface area contributed by atoms with Crippen LogP contribution in [0.25, 0.3) is 0 Å². The lowest BCUT2D eigenvalue weighted by atomic mass is 9.98. The lowest BCUT2D eigenvalue weighted by Gasteiger charge is -2.30. The number of hydrogen-bond donors (Lipinski definition) is 1. The molecular weight excluding hydrogens is 255 g/mol. The average molecular weight is 273 g/mol. The van der Waals surface area contributed by atoms with Gasteiger partial charge in [-0.3, -0.25) is 0 Å². The van der Waals surface area contributed by atoms with Crippen LogP contribution >= 0.6 is 23.2 Å². The summed E-state index contributed by atoms with van der Waals surface area (Å²) in [6.07, 6.45) is 2.57. The topological polar surface area (TPSA) is 15.3 Å². The van der Waals surface area contributed by atoms with Crippen LogP contribution in [0.15, 0.2) is 18.2 Å². The molecule has 0 spiro atoms. The quantitative estimate of drug-likeness (QED) is 0.902. The minimum Gasteiger partial charge on any atom is -0.383 e. The third-order valence-electron chi connectivity index (χ3n) is 3.23. The van der Waals surface area contributed by atoms with Gasteiger partial charge in [0.15, 0.2) is 0 Å². The van der Waals surface area contributed by atoms with Crippen LogP contribution in [-0.2, 0) is 0 Å². The van der Waals surface area contributed by atoms with Crippen molar-refractivity contribution < 1.29 is 0 Å². The Morgan fingerprint density at radius 3 is 3.00 bits per heavy atom. The third-order valence-corrected chi connectivity index (χ3v) is 3.80. The summed E-state index contributed by atoms with van der Waals surface area (Å²) >= 11 is 12.1. The molecule has 2 nitrogen and oxygen atoms in total. The minimum absolute atomic E-state index is 0.698. The van der Waals surface area contributed by atoms with E-state index in [9.17, 15) is 0 Å². The molecule has 1 aromatic carbocycles. The summed E-state index contributed by atoms with van der Waals surface area (Å²) in [5, 5.41) is 4.86. The normalized spacial score (nSPS) is 21.5. The summed E-state index contributed by atoms with van der Waals surface area (Å²) < 4.78 is 0. The van der Waals surface area contributed by atoms with Crippen molar-refractivity contribution in [3.05, 3.63) is 28.2 Å². The summed E-state index contributed by atoms with van der Waals surface area (Å²) in [7, 11) is 2.18. The molecule has 4 heteroatoms. The van der Waals surface area contributed by atoms with Crippen LogP contribution in [-0.4, -0.2) is 31.6 Å². The Labute approximate surface area is 113 Å². The smallest absolute Gasteiger partial charge is 0.0638 e. The lowest BCUT2D eigenvalue weighted by molar-refractivity contribution is 0.217. The lowest BCUT2D eigenvalue weighted by Crippen LogP contribution is -2.35. The molecule has 0 radical (unpaired) electrons. The number of halogens is 2. The molecule has 94 valence electrons. The first kappa shape index (κ1) is 13.0. The predicted molar refractivity (Wildman–Crippen MR) is 75.2 cm³/mol. The van der Waals surface area contributed by atoms with Gasteiger partial charge in [-0.1, -0.05) is 23.2 Å². The largest absolute Gasteiger partial charge is 0.383 e. The van der Waals surface area contributed by atoms with Gasteiger partial charge in [0.05, 0.1) is 10.7 Å². The van der Waals surface area contributed by atoms with Crippen LogP contribution in [0.4, 0.5) is 5.69 Å². The average Bonchev–Trinajstić information content (AvgIpc) is 2.30. The highest BCUT2D eigenvalue weighted by atomic mass is 35.5. The maximum absolute atomic E-state index is 6.11. The maximum Gasteiger partial charge on any atom is 0.0638 e. The first-order valence-electron chi connectivity index (χ1n) is 6.02. The molecule has 1 unspecified atom stereocenters. The zero-order chi connectivity index (χ0) is 12.3. The number of nitrogens with one attached hydrogen (secondary N) is 1. The van der Waals surface area contributed by atoms with Gasteiger partial charge in [0.1, 0.15) is 0 Å². The van der Waals surface area contributed by atoms with Gasteiger partial charge in [-0.15, -0.1) is 0 Å². The van der Waals surface area contributed by atoms with Crippen LogP contribution in [0.5, 0.6) is 0 Å². The van der Waals surface area contributed by atoms with Crippen molar-refractivity contribution in [1.29, 1.82) is 0 Å². The van der Waals surface area contributed by atoms with E-state index < -0.39 is 0 Å². The first-order valence-corrected chi connectivity index (χ1v) is 6.78. The fourth-order valence-corrected chi connectivity index (χ4v) is 2.68. The fraction of sp³-hybridized carbons (Fsp3) is 0.538. The summed E-state index contributed by atoms with van der Waals surface area (Å²) in [6.45, 7) is 3.34. The van der Waals surface area contributed by atoms with E-state index in [4.69, 9.17) is 23.2 Å². The van der Waals surface area contributed by atoms with Crippen LogP contribution in [0.1, 0.15) is 12.8 Å². The van der Waals surface area contributed by atoms with Gasteiger partial charge in [-0.2, -0.15) is 0 Å². The number of anilines is 1. The van der Waals surface area contributed by atoms with Crippen molar-refractivity contribution in [2.24, 2.45) is 5.92 Å². The molecule has 1 aromatic rings. The highest BCUT2D eigenvalue weighted by molar-refractivity contribution is 6.35. The molecule has 1 aliphatic rings. The van der Waals surface area contributed by atoms with Gasteiger partial charge in [-0.25, -0.2) is 0 Å². The second-order valence-electron chi connectivity index (χ2n) is 4.78. The summed E-state index contributed by atoms with van der Waals surface area (Å²) in [6, 6.07) is 5.53. The molecule has 17 heavy (non-hydrogen) atoms. The highest BCUT2D eigenvalue weighted by Crippen LogP contribution is 2.26. The Hall–Kier alpha value is -0.440. The zero-order valence-corrected chi connectivity index (χ0v) is 11.6. The van der Waals surface area contributed by atoms with Gasteiger partial charge in [0, 0.05) is 18.1 Å². The SMILES string of the molecule is CN1CCCC(CNc2cc(Cl)ccc2Cl)C1. The Bertz CT molecular complexity index is 382. The van der Waals surface area contributed by atoms with Gasteiger partial charge >= 0.3 is 0 Å². The molecule has 2 rings (SSSR count). The molecule has 0 saturated carbocycles. The van der Waals surface area contributed by atoms with Crippen molar-refractivity contribution in [2.45, 2.75) is 12.8 Å². The van der Waals surface area contributed by atoms with Crippen LogP contribution in [0, 0.1) is 5.92 Å². The van der Waals surface area contributed by atoms with Gasteiger partial charge in [-0.05, 0) is 50.6 Å². The fourth-order valence-electron chi connectivity index (χ4n) is 2.33. The van der Waals surface area contributed by atoms with E-state index in [1.54, 1.807) is 0 Å². The molecule has 0 aliphatic carbocycles.